The Morgan fingerprint density at radius 1 is 1.06 bits per heavy atom. The average molecular weight is 435 g/mol. The van der Waals surface area contributed by atoms with E-state index in [1.54, 1.807) is 4.90 Å². The Kier molecular flexibility index (Phi) is 5.99. The van der Waals surface area contributed by atoms with E-state index in [0.29, 0.717) is 19.1 Å². The van der Waals surface area contributed by atoms with E-state index in [2.05, 4.69) is 28.1 Å². The molecule has 3 amide bonds. The maximum atomic E-state index is 12.6. The van der Waals surface area contributed by atoms with Crippen molar-refractivity contribution in [1.29, 1.82) is 0 Å². The molecule has 2 fully saturated rings. The number of carbonyl (C=O) groups excluding carboxylic acids is 2. The zero-order valence-corrected chi connectivity index (χ0v) is 18.2. The standard InChI is InChI=1S/C25H30N4O3/c30-24(23-2-1-13-32-23)27-21-7-3-17(4-8-21)18-5-9-22(10-6-18)28-25(31)29-15-19-11-12-26-14-20(19)16-29/h5-6,9-12,14-15,17,21,23,26H,1-4,7-8,13,16H2,(H,27,30)(H,28,31)/t17?,21?,23-/m1/s1. The molecule has 3 heterocycles. The summed E-state index contributed by atoms with van der Waals surface area (Å²) in [5.74, 6) is 0.552. The molecular formula is C25H30N4O3. The van der Waals surface area contributed by atoms with E-state index in [4.69, 9.17) is 4.74 Å². The molecule has 7 nitrogen and oxygen atoms in total. The van der Waals surface area contributed by atoms with Crippen LogP contribution in [0.2, 0.25) is 0 Å². The number of nitrogens with one attached hydrogen (secondary N) is 3. The fourth-order valence-electron chi connectivity index (χ4n) is 4.95. The normalized spacial score (nSPS) is 26.6. The lowest BCUT2D eigenvalue weighted by molar-refractivity contribution is -0.131. The summed E-state index contributed by atoms with van der Waals surface area (Å²) in [5.41, 5.74) is 4.27. The van der Waals surface area contributed by atoms with Crippen LogP contribution in [-0.4, -0.2) is 42.1 Å². The highest BCUT2D eigenvalue weighted by atomic mass is 16.5. The minimum Gasteiger partial charge on any atom is -0.368 e. The lowest BCUT2D eigenvalue weighted by Crippen LogP contribution is -2.42. The van der Waals surface area contributed by atoms with Crippen molar-refractivity contribution >= 4 is 17.6 Å². The van der Waals surface area contributed by atoms with Gasteiger partial charge in [-0.3, -0.25) is 9.69 Å². The first kappa shape index (κ1) is 20.8. The van der Waals surface area contributed by atoms with Crippen LogP contribution in [0.3, 0.4) is 0 Å². The van der Waals surface area contributed by atoms with Crippen LogP contribution in [0.25, 0.3) is 0 Å². The summed E-state index contributed by atoms with van der Waals surface area (Å²) in [6.45, 7) is 1.27. The van der Waals surface area contributed by atoms with Crippen LogP contribution >= 0.6 is 0 Å². The predicted octanol–water partition coefficient (Wildman–Crippen LogP) is 3.74. The minimum absolute atomic E-state index is 0.0579. The zero-order chi connectivity index (χ0) is 21.9. The third-order valence-corrected chi connectivity index (χ3v) is 6.81. The molecule has 168 valence electrons. The Hall–Kier alpha value is -3.06. The van der Waals surface area contributed by atoms with E-state index in [9.17, 15) is 9.59 Å². The summed E-state index contributed by atoms with van der Waals surface area (Å²) in [5, 5.41) is 9.23. The first-order valence-corrected chi connectivity index (χ1v) is 11.6. The predicted molar refractivity (Wildman–Crippen MR) is 123 cm³/mol. The van der Waals surface area contributed by atoms with Gasteiger partial charge in [0.15, 0.2) is 0 Å². The fourth-order valence-corrected chi connectivity index (χ4v) is 4.95. The molecule has 7 heteroatoms. The second kappa shape index (κ2) is 9.20. The number of hydrogen-bond acceptors (Lipinski definition) is 4. The number of nitrogens with zero attached hydrogens (tertiary/aromatic N) is 1. The first-order chi connectivity index (χ1) is 15.7. The molecule has 1 aromatic rings. The van der Waals surface area contributed by atoms with Crippen molar-refractivity contribution in [3.8, 4) is 0 Å². The van der Waals surface area contributed by atoms with Crippen LogP contribution in [0.1, 0.15) is 50.0 Å². The Morgan fingerprint density at radius 3 is 2.59 bits per heavy atom. The fraction of sp³-hybridized carbons (Fsp3) is 0.440. The second-order valence-corrected chi connectivity index (χ2v) is 8.99. The third-order valence-electron chi connectivity index (χ3n) is 6.81. The first-order valence-electron chi connectivity index (χ1n) is 11.6. The van der Waals surface area contributed by atoms with Gasteiger partial charge in [0.25, 0.3) is 0 Å². The van der Waals surface area contributed by atoms with E-state index >= 15 is 0 Å². The van der Waals surface area contributed by atoms with Crippen molar-refractivity contribution in [2.75, 3.05) is 18.5 Å². The van der Waals surface area contributed by atoms with E-state index in [1.807, 2.05) is 36.8 Å². The molecule has 0 spiro atoms. The van der Waals surface area contributed by atoms with Crippen LogP contribution in [0.5, 0.6) is 0 Å². The van der Waals surface area contributed by atoms with Crippen molar-refractivity contribution in [2.24, 2.45) is 0 Å². The summed E-state index contributed by atoms with van der Waals surface area (Å²) < 4.78 is 5.49. The minimum atomic E-state index is -0.249. The molecule has 1 aliphatic carbocycles. The van der Waals surface area contributed by atoms with Crippen molar-refractivity contribution in [3.05, 3.63) is 65.7 Å². The molecule has 32 heavy (non-hydrogen) atoms. The quantitative estimate of drug-likeness (QED) is 0.674. The third kappa shape index (κ3) is 4.58. The molecule has 1 atom stereocenters. The van der Waals surface area contributed by atoms with E-state index < -0.39 is 0 Å². The lowest BCUT2D eigenvalue weighted by atomic mass is 9.81. The number of ether oxygens (including phenoxy) is 1. The number of carbonyl (C=O) groups is 2. The van der Waals surface area contributed by atoms with Gasteiger partial charge in [-0.2, -0.15) is 0 Å². The Balaban J connectivity index is 1.10. The number of benzene rings is 1. The summed E-state index contributed by atoms with van der Waals surface area (Å²) in [7, 11) is 0. The van der Waals surface area contributed by atoms with E-state index in [-0.39, 0.29) is 24.1 Å². The number of fused-ring (bicyclic) bond motifs is 1. The maximum absolute atomic E-state index is 12.6. The smallest absolute Gasteiger partial charge is 0.326 e. The molecule has 1 saturated carbocycles. The largest absolute Gasteiger partial charge is 0.368 e. The highest BCUT2D eigenvalue weighted by Gasteiger charge is 2.28. The van der Waals surface area contributed by atoms with Crippen molar-refractivity contribution in [1.82, 2.24) is 15.5 Å². The van der Waals surface area contributed by atoms with Crippen LogP contribution in [-0.2, 0) is 9.53 Å². The molecular weight excluding hydrogens is 404 g/mol. The second-order valence-electron chi connectivity index (χ2n) is 8.99. The molecule has 1 aromatic carbocycles. The number of allylic oxidation sites excluding steroid dienone is 1. The molecule has 0 bridgehead atoms. The van der Waals surface area contributed by atoms with Gasteiger partial charge in [0.1, 0.15) is 6.10 Å². The van der Waals surface area contributed by atoms with E-state index in [0.717, 1.165) is 55.4 Å². The van der Waals surface area contributed by atoms with Gasteiger partial charge in [0.2, 0.25) is 5.91 Å². The van der Waals surface area contributed by atoms with Crippen LogP contribution in [0.15, 0.2) is 60.1 Å². The van der Waals surface area contributed by atoms with Crippen molar-refractivity contribution in [3.63, 3.8) is 0 Å². The summed E-state index contributed by atoms with van der Waals surface area (Å²) in [4.78, 5) is 26.6. The van der Waals surface area contributed by atoms with Gasteiger partial charge >= 0.3 is 6.03 Å². The molecule has 0 aromatic heterocycles. The lowest BCUT2D eigenvalue weighted by Gasteiger charge is -2.30. The summed E-state index contributed by atoms with van der Waals surface area (Å²) in [6, 6.07) is 8.31. The Morgan fingerprint density at radius 2 is 1.88 bits per heavy atom. The van der Waals surface area contributed by atoms with Crippen LogP contribution < -0.4 is 16.0 Å². The summed E-state index contributed by atoms with van der Waals surface area (Å²) >= 11 is 0. The topological polar surface area (TPSA) is 82.7 Å². The van der Waals surface area contributed by atoms with Gasteiger partial charge in [-0.1, -0.05) is 12.1 Å². The molecule has 3 aliphatic heterocycles. The number of urea groups is 1. The monoisotopic (exact) mass is 434 g/mol. The van der Waals surface area contributed by atoms with Crippen molar-refractivity contribution in [2.45, 2.75) is 56.6 Å². The summed E-state index contributed by atoms with van der Waals surface area (Å²) in [6.07, 6.45) is 13.3. The number of anilines is 1. The Labute approximate surface area is 188 Å². The van der Waals surface area contributed by atoms with Crippen molar-refractivity contribution < 1.29 is 14.3 Å². The number of amides is 3. The molecule has 3 N–H and O–H groups in total. The Bertz CT molecular complexity index is 952. The maximum Gasteiger partial charge on any atom is 0.326 e. The van der Waals surface area contributed by atoms with Gasteiger partial charge in [-0.05, 0) is 79.4 Å². The average Bonchev–Trinajstić information content (AvgIpc) is 3.50. The number of rotatable bonds is 4. The van der Waals surface area contributed by atoms with Crippen LogP contribution in [0, 0.1) is 0 Å². The van der Waals surface area contributed by atoms with Crippen LogP contribution in [0.4, 0.5) is 10.5 Å². The SMILES string of the molecule is O=C(NC1CCC(c2ccc(NC(=O)N3C=C4C=CNC=C4C3)cc2)CC1)[C@H]1CCCO1. The van der Waals surface area contributed by atoms with Gasteiger partial charge in [-0.15, -0.1) is 0 Å². The van der Waals surface area contributed by atoms with Gasteiger partial charge in [0, 0.05) is 36.9 Å². The van der Waals surface area contributed by atoms with E-state index in [1.165, 1.54) is 5.56 Å². The highest BCUT2D eigenvalue weighted by molar-refractivity contribution is 5.91. The molecule has 1 saturated heterocycles. The van der Waals surface area contributed by atoms with Gasteiger partial charge < -0.3 is 20.7 Å². The number of dihydropyridines is 1. The van der Waals surface area contributed by atoms with Gasteiger partial charge in [0.05, 0.1) is 6.54 Å². The molecule has 5 rings (SSSR count). The number of hydrogen-bond donors (Lipinski definition) is 3. The highest BCUT2D eigenvalue weighted by Crippen LogP contribution is 2.33. The molecule has 0 unspecified atom stereocenters. The zero-order valence-electron chi connectivity index (χ0n) is 18.2. The molecule has 0 radical (unpaired) electrons. The molecule has 4 aliphatic rings. The van der Waals surface area contributed by atoms with Gasteiger partial charge in [-0.25, -0.2) is 4.79 Å².